The molecule has 138 valence electrons. The Morgan fingerprint density at radius 1 is 1.35 bits per heavy atom. The van der Waals surface area contributed by atoms with Gasteiger partial charge in [0.25, 0.3) is 5.91 Å². The largest absolute Gasteiger partial charge is 0.369 e. The summed E-state index contributed by atoms with van der Waals surface area (Å²) in [5.41, 5.74) is 2.43. The minimum Gasteiger partial charge on any atom is -0.369 e. The molecule has 0 aliphatic carbocycles. The van der Waals surface area contributed by atoms with Crippen molar-refractivity contribution in [3.8, 4) is 0 Å². The Morgan fingerprint density at radius 2 is 2.15 bits per heavy atom. The minimum atomic E-state index is -0.0956. The number of nitrogens with one attached hydrogen (secondary N) is 2. The maximum Gasteiger partial charge on any atom is 0.272 e. The van der Waals surface area contributed by atoms with Crippen LogP contribution in [0, 0.1) is 0 Å². The molecule has 26 heavy (non-hydrogen) atoms. The van der Waals surface area contributed by atoms with Crippen LogP contribution >= 0.6 is 0 Å². The summed E-state index contributed by atoms with van der Waals surface area (Å²) in [4.78, 5) is 14.9. The van der Waals surface area contributed by atoms with E-state index < -0.39 is 0 Å². The van der Waals surface area contributed by atoms with Crippen molar-refractivity contribution >= 4 is 11.7 Å². The molecule has 0 aromatic carbocycles. The van der Waals surface area contributed by atoms with Gasteiger partial charge in [-0.1, -0.05) is 0 Å². The first-order valence-corrected chi connectivity index (χ1v) is 9.18. The number of fused-ring (bicyclic) bond motifs is 1. The zero-order valence-corrected chi connectivity index (χ0v) is 15.1. The number of amides is 1. The fraction of sp³-hybridized carbons (Fsp3) is 0.556. The molecule has 2 atom stereocenters. The van der Waals surface area contributed by atoms with Crippen molar-refractivity contribution in [3.05, 3.63) is 35.3 Å². The molecule has 1 fully saturated rings. The number of carbonyl (C=O) groups is 1. The van der Waals surface area contributed by atoms with Gasteiger partial charge in [0.15, 0.2) is 11.5 Å². The van der Waals surface area contributed by atoms with Crippen LogP contribution in [0.15, 0.2) is 18.3 Å². The molecule has 0 bridgehead atoms. The van der Waals surface area contributed by atoms with E-state index >= 15 is 0 Å². The minimum absolute atomic E-state index is 0.0574. The Labute approximate surface area is 152 Å². The molecule has 1 saturated heterocycles. The Morgan fingerprint density at radius 3 is 2.88 bits per heavy atom. The van der Waals surface area contributed by atoms with E-state index in [2.05, 4.69) is 30.6 Å². The van der Waals surface area contributed by atoms with Crippen LogP contribution in [-0.4, -0.2) is 51.5 Å². The summed E-state index contributed by atoms with van der Waals surface area (Å²) in [5, 5.41) is 18.5. The molecule has 2 aromatic heterocycles. The van der Waals surface area contributed by atoms with E-state index in [0.717, 1.165) is 43.0 Å². The first kappa shape index (κ1) is 17.0. The van der Waals surface area contributed by atoms with Gasteiger partial charge in [-0.2, -0.15) is 10.2 Å². The summed E-state index contributed by atoms with van der Waals surface area (Å²) in [7, 11) is 0. The maximum atomic E-state index is 12.7. The molecule has 0 spiro atoms. The molecular weight excluding hydrogens is 332 g/mol. The van der Waals surface area contributed by atoms with Gasteiger partial charge in [0.1, 0.15) is 0 Å². The zero-order chi connectivity index (χ0) is 18.1. The highest BCUT2D eigenvalue weighted by Crippen LogP contribution is 2.30. The lowest BCUT2D eigenvalue weighted by Crippen LogP contribution is -2.45. The number of anilines is 1. The number of hydrogen-bond acceptors (Lipinski definition) is 6. The second-order valence-electron chi connectivity index (χ2n) is 7.07. The molecular formula is C18H24N6O2. The molecule has 0 saturated carbocycles. The summed E-state index contributed by atoms with van der Waals surface area (Å²) in [6, 6.07) is 4.01. The number of H-pyrrole nitrogens is 1. The van der Waals surface area contributed by atoms with Gasteiger partial charge in [-0.25, -0.2) is 0 Å². The van der Waals surface area contributed by atoms with E-state index in [1.54, 1.807) is 6.20 Å². The molecule has 0 radical (unpaired) electrons. The van der Waals surface area contributed by atoms with Crippen LogP contribution < -0.4 is 10.2 Å². The normalized spacial score (nSPS) is 23.5. The lowest BCUT2D eigenvalue weighted by Gasteiger charge is -2.32. The Bertz CT molecular complexity index is 769. The van der Waals surface area contributed by atoms with E-state index in [0.29, 0.717) is 12.1 Å². The van der Waals surface area contributed by atoms with E-state index in [-0.39, 0.29) is 24.2 Å². The number of hydrogen-bond donors (Lipinski definition) is 2. The fourth-order valence-corrected chi connectivity index (χ4v) is 3.83. The van der Waals surface area contributed by atoms with E-state index in [4.69, 9.17) is 4.74 Å². The van der Waals surface area contributed by atoms with Gasteiger partial charge >= 0.3 is 0 Å². The van der Waals surface area contributed by atoms with E-state index in [1.165, 1.54) is 0 Å². The van der Waals surface area contributed by atoms with Gasteiger partial charge in [0.05, 0.1) is 17.9 Å². The average Bonchev–Trinajstić information content (AvgIpc) is 3.07. The van der Waals surface area contributed by atoms with Gasteiger partial charge in [0, 0.05) is 37.3 Å². The molecule has 8 nitrogen and oxygen atoms in total. The zero-order valence-electron chi connectivity index (χ0n) is 15.1. The summed E-state index contributed by atoms with van der Waals surface area (Å²) in [6.07, 6.45) is 4.18. The molecule has 1 amide bonds. The second-order valence-corrected chi connectivity index (χ2v) is 7.07. The lowest BCUT2D eigenvalue weighted by molar-refractivity contribution is -0.00697. The number of carbonyl (C=O) groups excluding carboxylic acids is 1. The summed E-state index contributed by atoms with van der Waals surface area (Å²) < 4.78 is 5.79. The van der Waals surface area contributed by atoms with E-state index in [9.17, 15) is 4.79 Å². The highest BCUT2D eigenvalue weighted by molar-refractivity contribution is 5.94. The molecule has 2 aliphatic heterocycles. The summed E-state index contributed by atoms with van der Waals surface area (Å²) in [6.45, 7) is 5.71. The Hall–Kier alpha value is -2.48. The second kappa shape index (κ2) is 7.03. The third kappa shape index (κ3) is 3.29. The van der Waals surface area contributed by atoms with Crippen molar-refractivity contribution in [1.82, 2.24) is 25.7 Å². The predicted molar refractivity (Wildman–Crippen MR) is 96.0 cm³/mol. The number of rotatable bonds is 3. The van der Waals surface area contributed by atoms with Crippen LogP contribution in [0.5, 0.6) is 0 Å². The molecule has 0 unspecified atom stereocenters. The number of piperidine rings is 1. The van der Waals surface area contributed by atoms with Gasteiger partial charge < -0.3 is 15.0 Å². The highest BCUT2D eigenvalue weighted by Gasteiger charge is 2.30. The van der Waals surface area contributed by atoms with Crippen molar-refractivity contribution in [2.45, 2.75) is 51.4 Å². The first-order chi connectivity index (χ1) is 12.6. The van der Waals surface area contributed by atoms with Crippen LogP contribution in [0.3, 0.4) is 0 Å². The van der Waals surface area contributed by atoms with Crippen molar-refractivity contribution in [3.63, 3.8) is 0 Å². The molecule has 4 rings (SSSR count). The lowest BCUT2D eigenvalue weighted by atomic mass is 9.99. The van der Waals surface area contributed by atoms with Crippen LogP contribution in [0.1, 0.15) is 54.5 Å². The number of ether oxygens (including phenoxy) is 1. The van der Waals surface area contributed by atoms with Gasteiger partial charge in [-0.05, 0) is 38.8 Å². The average molecular weight is 356 g/mol. The SMILES string of the molecule is C[C@@H]1Cc2c(C(=O)NC3CCN(c4cccnn4)CC3)n[nH]c2[C@H](C)O1. The number of aromatic amines is 1. The quantitative estimate of drug-likeness (QED) is 0.868. The summed E-state index contributed by atoms with van der Waals surface area (Å²) in [5.74, 6) is 0.795. The smallest absolute Gasteiger partial charge is 0.272 e. The number of aromatic nitrogens is 4. The molecule has 2 N–H and O–H groups in total. The maximum absolute atomic E-state index is 12.7. The number of nitrogens with zero attached hydrogens (tertiary/aromatic N) is 4. The monoisotopic (exact) mass is 356 g/mol. The van der Waals surface area contributed by atoms with Crippen molar-refractivity contribution in [2.75, 3.05) is 18.0 Å². The highest BCUT2D eigenvalue weighted by atomic mass is 16.5. The molecule has 2 aromatic rings. The van der Waals surface area contributed by atoms with Crippen LogP contribution in [0.4, 0.5) is 5.82 Å². The van der Waals surface area contributed by atoms with Crippen molar-refractivity contribution in [1.29, 1.82) is 0 Å². The van der Waals surface area contributed by atoms with Crippen molar-refractivity contribution in [2.24, 2.45) is 0 Å². The standard InChI is InChI=1S/C18H24N6O2/c1-11-10-14-16(12(2)26-11)22-23-17(14)18(25)20-13-5-8-24(9-6-13)15-4-3-7-19-21-15/h3-4,7,11-13H,5-6,8-10H2,1-2H3,(H,20,25)(H,22,23)/t11-,12+/m1/s1. The third-order valence-electron chi connectivity index (χ3n) is 5.16. The topological polar surface area (TPSA) is 96.0 Å². The predicted octanol–water partition coefficient (Wildman–Crippen LogP) is 1.62. The third-order valence-corrected chi connectivity index (χ3v) is 5.16. The van der Waals surface area contributed by atoms with E-state index in [1.807, 2.05) is 26.0 Å². The molecule has 4 heterocycles. The first-order valence-electron chi connectivity index (χ1n) is 9.18. The van der Waals surface area contributed by atoms with Crippen LogP contribution in [0.25, 0.3) is 0 Å². The summed E-state index contributed by atoms with van der Waals surface area (Å²) >= 11 is 0. The Balaban J connectivity index is 1.38. The van der Waals surface area contributed by atoms with Crippen molar-refractivity contribution < 1.29 is 9.53 Å². The molecule has 2 aliphatic rings. The molecule has 8 heteroatoms. The Kier molecular flexibility index (Phi) is 4.58. The fourth-order valence-electron chi connectivity index (χ4n) is 3.83. The van der Waals surface area contributed by atoms with Gasteiger partial charge in [-0.15, -0.1) is 5.10 Å². The van der Waals surface area contributed by atoms with Crippen LogP contribution in [-0.2, 0) is 11.2 Å². The van der Waals surface area contributed by atoms with Gasteiger partial charge in [0.2, 0.25) is 0 Å². The van der Waals surface area contributed by atoms with Gasteiger partial charge in [-0.3, -0.25) is 9.89 Å². The van der Waals surface area contributed by atoms with Crippen LogP contribution in [0.2, 0.25) is 0 Å².